The maximum atomic E-state index is 13.7. The van der Waals surface area contributed by atoms with Crippen LogP contribution in [0.5, 0.6) is 11.5 Å². The van der Waals surface area contributed by atoms with Crippen LogP contribution in [0.15, 0.2) is 63.3 Å². The van der Waals surface area contributed by atoms with Crippen molar-refractivity contribution in [3.8, 4) is 11.5 Å². The van der Waals surface area contributed by atoms with Gasteiger partial charge in [0.05, 0.1) is 32.2 Å². The van der Waals surface area contributed by atoms with Gasteiger partial charge < -0.3 is 14.4 Å². The Morgan fingerprint density at radius 2 is 1.71 bits per heavy atom. The SMILES string of the molecule is COc1ccc(CCN(Cc2sccc2C)C(=O)CN(CC(C)C)S(=O)(=O)c2ccc(Br)cc2)cc1OC. The number of rotatable bonds is 13. The fourth-order valence-corrected chi connectivity index (χ4v) is 6.73. The number of methoxy groups -OCH3 is 2. The first kappa shape index (κ1) is 30.1. The average molecular weight is 624 g/mol. The number of nitrogens with zero attached hydrogens (tertiary/aromatic N) is 2. The molecular weight excluding hydrogens is 588 g/mol. The molecule has 10 heteroatoms. The molecule has 0 fully saturated rings. The number of amides is 1. The minimum atomic E-state index is -3.86. The monoisotopic (exact) mass is 622 g/mol. The summed E-state index contributed by atoms with van der Waals surface area (Å²) in [4.78, 5) is 16.7. The third kappa shape index (κ3) is 7.81. The molecule has 0 saturated carbocycles. The van der Waals surface area contributed by atoms with Crippen molar-refractivity contribution in [1.29, 1.82) is 0 Å². The molecule has 0 aliphatic rings. The zero-order chi connectivity index (χ0) is 27.9. The number of carbonyl (C=O) groups excluding carboxylic acids is 1. The number of benzene rings is 2. The third-order valence-corrected chi connectivity index (χ3v) is 9.47. The molecule has 1 amide bonds. The lowest BCUT2D eigenvalue weighted by Crippen LogP contribution is -2.44. The van der Waals surface area contributed by atoms with Gasteiger partial charge in [0.2, 0.25) is 15.9 Å². The molecule has 1 heterocycles. The topological polar surface area (TPSA) is 76.2 Å². The molecule has 206 valence electrons. The lowest BCUT2D eigenvalue weighted by Gasteiger charge is -2.28. The summed E-state index contributed by atoms with van der Waals surface area (Å²) in [5.41, 5.74) is 2.10. The molecule has 0 atom stereocenters. The van der Waals surface area contributed by atoms with Crippen LogP contribution in [-0.2, 0) is 27.8 Å². The number of aryl methyl sites for hydroxylation is 1. The van der Waals surface area contributed by atoms with Crippen LogP contribution in [0.2, 0.25) is 0 Å². The van der Waals surface area contributed by atoms with E-state index < -0.39 is 10.0 Å². The Balaban J connectivity index is 1.86. The van der Waals surface area contributed by atoms with Gasteiger partial charge in [-0.3, -0.25) is 4.79 Å². The molecule has 2 aromatic carbocycles. The summed E-state index contributed by atoms with van der Waals surface area (Å²) in [5, 5.41) is 2.00. The van der Waals surface area contributed by atoms with E-state index in [2.05, 4.69) is 15.9 Å². The van der Waals surface area contributed by atoms with E-state index in [0.717, 1.165) is 20.5 Å². The van der Waals surface area contributed by atoms with E-state index in [1.165, 1.54) is 4.31 Å². The molecule has 0 N–H and O–H groups in total. The van der Waals surface area contributed by atoms with E-state index in [0.29, 0.717) is 31.0 Å². The number of thiophene rings is 1. The van der Waals surface area contributed by atoms with Crippen molar-refractivity contribution >= 4 is 43.2 Å². The van der Waals surface area contributed by atoms with Crippen LogP contribution in [0.4, 0.5) is 0 Å². The number of hydrogen-bond acceptors (Lipinski definition) is 6. The standard InChI is InChI=1S/C28H35BrN2O5S2/c1-20(2)17-31(38(33,34)24-9-7-23(29)8-10-24)19-28(32)30(18-27-21(3)13-15-37-27)14-12-22-6-11-25(35-4)26(16-22)36-5/h6-11,13,15-16,20H,12,14,17-19H2,1-5H3. The Kier molecular flexibility index (Phi) is 10.8. The van der Waals surface area contributed by atoms with Gasteiger partial charge in [0.25, 0.3) is 0 Å². The fraction of sp³-hybridized carbons (Fsp3) is 0.393. The molecule has 0 spiro atoms. The van der Waals surface area contributed by atoms with Crippen LogP contribution in [-0.4, -0.2) is 57.4 Å². The maximum absolute atomic E-state index is 13.7. The summed E-state index contributed by atoms with van der Waals surface area (Å²) in [6.07, 6.45) is 0.583. The van der Waals surface area contributed by atoms with Crippen LogP contribution >= 0.6 is 27.3 Å². The van der Waals surface area contributed by atoms with E-state index in [9.17, 15) is 13.2 Å². The van der Waals surface area contributed by atoms with E-state index in [1.54, 1.807) is 54.7 Å². The van der Waals surface area contributed by atoms with E-state index in [-0.39, 0.29) is 29.8 Å². The van der Waals surface area contributed by atoms with Gasteiger partial charge in [-0.15, -0.1) is 11.3 Å². The minimum Gasteiger partial charge on any atom is -0.493 e. The van der Waals surface area contributed by atoms with Crippen LogP contribution in [0.1, 0.15) is 29.9 Å². The van der Waals surface area contributed by atoms with Crippen LogP contribution < -0.4 is 9.47 Å². The summed E-state index contributed by atoms with van der Waals surface area (Å²) >= 11 is 4.95. The summed E-state index contributed by atoms with van der Waals surface area (Å²) in [6, 6.07) is 14.2. The van der Waals surface area contributed by atoms with E-state index in [1.807, 2.05) is 50.4 Å². The number of ether oxygens (including phenoxy) is 2. The zero-order valence-electron chi connectivity index (χ0n) is 22.4. The van der Waals surface area contributed by atoms with Crippen molar-refractivity contribution in [2.45, 2.75) is 38.6 Å². The highest BCUT2D eigenvalue weighted by Gasteiger charge is 2.29. The van der Waals surface area contributed by atoms with E-state index in [4.69, 9.17) is 9.47 Å². The largest absolute Gasteiger partial charge is 0.493 e. The van der Waals surface area contributed by atoms with Crippen molar-refractivity contribution in [2.75, 3.05) is 33.9 Å². The first-order valence-electron chi connectivity index (χ1n) is 12.3. The van der Waals surface area contributed by atoms with Crippen LogP contribution in [0, 0.1) is 12.8 Å². The second kappa shape index (κ2) is 13.6. The molecular formula is C28H35BrN2O5S2. The minimum absolute atomic E-state index is 0.0489. The highest BCUT2D eigenvalue weighted by atomic mass is 79.9. The van der Waals surface area contributed by atoms with Gasteiger partial charge in [0.1, 0.15) is 0 Å². The predicted molar refractivity (Wildman–Crippen MR) is 155 cm³/mol. The molecule has 0 bridgehead atoms. The molecule has 38 heavy (non-hydrogen) atoms. The first-order chi connectivity index (χ1) is 18.0. The Morgan fingerprint density at radius 3 is 2.29 bits per heavy atom. The normalized spacial score (nSPS) is 11.7. The Morgan fingerprint density at radius 1 is 1.03 bits per heavy atom. The summed E-state index contributed by atoms with van der Waals surface area (Å²) in [5.74, 6) is 1.08. The molecule has 0 aliphatic heterocycles. The summed E-state index contributed by atoms with van der Waals surface area (Å²) in [6.45, 7) is 6.77. The van der Waals surface area contributed by atoms with Crippen molar-refractivity contribution in [1.82, 2.24) is 9.21 Å². The van der Waals surface area contributed by atoms with Gasteiger partial charge in [-0.25, -0.2) is 8.42 Å². The lowest BCUT2D eigenvalue weighted by molar-refractivity contribution is -0.132. The van der Waals surface area contributed by atoms with E-state index >= 15 is 0 Å². The van der Waals surface area contributed by atoms with Crippen molar-refractivity contribution < 1.29 is 22.7 Å². The van der Waals surface area contributed by atoms with Gasteiger partial charge in [0, 0.05) is 22.4 Å². The molecule has 0 aliphatic carbocycles. The molecule has 7 nitrogen and oxygen atoms in total. The second-order valence-corrected chi connectivity index (χ2v) is 13.3. The van der Waals surface area contributed by atoms with Gasteiger partial charge in [0.15, 0.2) is 11.5 Å². The zero-order valence-corrected chi connectivity index (χ0v) is 25.7. The highest BCUT2D eigenvalue weighted by Crippen LogP contribution is 2.28. The fourth-order valence-electron chi connectivity index (χ4n) is 3.99. The Labute approximate surface area is 238 Å². The van der Waals surface area contributed by atoms with Crippen LogP contribution in [0.3, 0.4) is 0 Å². The maximum Gasteiger partial charge on any atom is 0.243 e. The average Bonchev–Trinajstić information content (AvgIpc) is 3.29. The number of sulfonamides is 1. The second-order valence-electron chi connectivity index (χ2n) is 9.43. The number of halogens is 1. The quantitative estimate of drug-likeness (QED) is 0.242. The summed E-state index contributed by atoms with van der Waals surface area (Å²) in [7, 11) is -0.679. The van der Waals surface area contributed by atoms with Crippen LogP contribution in [0.25, 0.3) is 0 Å². The lowest BCUT2D eigenvalue weighted by atomic mass is 10.1. The number of carbonyl (C=O) groups is 1. The highest BCUT2D eigenvalue weighted by molar-refractivity contribution is 9.10. The smallest absolute Gasteiger partial charge is 0.243 e. The summed E-state index contributed by atoms with van der Waals surface area (Å²) < 4.78 is 39.9. The molecule has 3 aromatic rings. The predicted octanol–water partition coefficient (Wildman–Crippen LogP) is 5.75. The van der Waals surface area contributed by atoms with Crippen molar-refractivity contribution in [3.63, 3.8) is 0 Å². The Bertz CT molecular complexity index is 1320. The van der Waals surface area contributed by atoms with Gasteiger partial charge in [-0.2, -0.15) is 4.31 Å². The molecule has 0 radical (unpaired) electrons. The molecule has 3 rings (SSSR count). The van der Waals surface area contributed by atoms with Gasteiger partial charge >= 0.3 is 0 Å². The third-order valence-electron chi connectivity index (χ3n) is 6.11. The van der Waals surface area contributed by atoms with Crippen molar-refractivity contribution in [3.05, 3.63) is 74.4 Å². The number of hydrogen-bond donors (Lipinski definition) is 0. The van der Waals surface area contributed by atoms with Gasteiger partial charge in [-0.1, -0.05) is 35.8 Å². The molecule has 1 aromatic heterocycles. The van der Waals surface area contributed by atoms with Crippen molar-refractivity contribution in [2.24, 2.45) is 5.92 Å². The Hall–Kier alpha value is -2.40. The molecule has 0 unspecified atom stereocenters. The molecule has 0 saturated heterocycles. The first-order valence-corrected chi connectivity index (χ1v) is 15.4. The van der Waals surface area contributed by atoms with Gasteiger partial charge in [-0.05, 0) is 78.2 Å².